The van der Waals surface area contributed by atoms with Crippen LogP contribution in [-0.2, 0) is 0 Å². The van der Waals surface area contributed by atoms with Crippen molar-refractivity contribution < 1.29 is 19.1 Å². The number of furan rings is 1. The van der Waals surface area contributed by atoms with Gasteiger partial charge in [-0.15, -0.1) is 0 Å². The molecule has 1 heterocycles. The van der Waals surface area contributed by atoms with Crippen molar-refractivity contribution in [3.05, 3.63) is 30.0 Å². The Morgan fingerprint density at radius 1 is 1.53 bits per heavy atom. The second-order valence-electron chi connectivity index (χ2n) is 3.02. The third kappa shape index (κ3) is 1.66. The Hall–Kier alpha value is -1.97. The van der Waals surface area contributed by atoms with E-state index in [2.05, 4.69) is 0 Å². The molecule has 4 heteroatoms. The van der Waals surface area contributed by atoms with E-state index in [1.807, 2.05) is 6.92 Å². The Labute approximate surface area is 86.1 Å². The van der Waals surface area contributed by atoms with Crippen molar-refractivity contribution in [2.24, 2.45) is 0 Å². The van der Waals surface area contributed by atoms with E-state index in [0.717, 1.165) is 0 Å². The molecule has 0 aliphatic heterocycles. The van der Waals surface area contributed by atoms with Crippen molar-refractivity contribution in [3.8, 4) is 5.75 Å². The van der Waals surface area contributed by atoms with E-state index in [9.17, 15) is 4.79 Å². The van der Waals surface area contributed by atoms with E-state index in [4.69, 9.17) is 14.3 Å². The molecule has 0 amide bonds. The van der Waals surface area contributed by atoms with Gasteiger partial charge < -0.3 is 14.3 Å². The summed E-state index contributed by atoms with van der Waals surface area (Å²) in [5.74, 6) is -0.503. The highest BCUT2D eigenvalue weighted by Crippen LogP contribution is 2.28. The molecule has 1 N–H and O–H groups in total. The molecule has 2 rings (SSSR count). The number of carboxylic acid groups (broad SMARTS) is 1. The number of hydrogen-bond donors (Lipinski definition) is 1. The van der Waals surface area contributed by atoms with Crippen LogP contribution in [0.5, 0.6) is 5.75 Å². The largest absolute Gasteiger partial charge is 0.493 e. The molecule has 0 bridgehead atoms. The van der Waals surface area contributed by atoms with Crippen LogP contribution in [0, 0.1) is 0 Å². The van der Waals surface area contributed by atoms with Gasteiger partial charge in [0, 0.05) is 6.07 Å². The Morgan fingerprint density at radius 3 is 3.00 bits per heavy atom. The molecule has 0 saturated carbocycles. The fourth-order valence-corrected chi connectivity index (χ4v) is 1.42. The lowest BCUT2D eigenvalue weighted by molar-refractivity contribution is 0.0665. The molecule has 1 aromatic carbocycles. The minimum atomic E-state index is -1.08. The summed E-state index contributed by atoms with van der Waals surface area (Å²) in [7, 11) is 0. The highest BCUT2D eigenvalue weighted by Gasteiger charge is 2.12. The quantitative estimate of drug-likeness (QED) is 0.838. The van der Waals surface area contributed by atoms with Crippen molar-refractivity contribution in [1.29, 1.82) is 0 Å². The predicted octanol–water partition coefficient (Wildman–Crippen LogP) is 2.53. The van der Waals surface area contributed by atoms with Gasteiger partial charge >= 0.3 is 5.97 Å². The Morgan fingerprint density at radius 2 is 2.33 bits per heavy atom. The van der Waals surface area contributed by atoms with Crippen LogP contribution < -0.4 is 4.74 Å². The smallest absolute Gasteiger partial charge is 0.371 e. The third-order valence-corrected chi connectivity index (χ3v) is 2.03. The van der Waals surface area contributed by atoms with Crippen molar-refractivity contribution in [3.63, 3.8) is 0 Å². The normalized spacial score (nSPS) is 10.5. The second-order valence-corrected chi connectivity index (χ2v) is 3.02. The van der Waals surface area contributed by atoms with Crippen LogP contribution in [0.3, 0.4) is 0 Å². The number of carboxylic acids is 1. The zero-order valence-corrected chi connectivity index (χ0v) is 8.19. The summed E-state index contributed by atoms with van der Waals surface area (Å²) in [5, 5.41) is 9.46. The molecule has 0 aliphatic rings. The lowest BCUT2D eigenvalue weighted by atomic mass is 10.2. The summed E-state index contributed by atoms with van der Waals surface area (Å²) < 4.78 is 10.5. The summed E-state index contributed by atoms with van der Waals surface area (Å²) in [6, 6.07) is 6.74. The molecule has 0 aliphatic carbocycles. The SMILES string of the molecule is CCOc1cccc2oc(C(=O)O)cc12. The molecular weight excluding hydrogens is 196 g/mol. The predicted molar refractivity (Wildman–Crippen MR) is 54.3 cm³/mol. The second kappa shape index (κ2) is 3.65. The molecule has 0 fully saturated rings. The topological polar surface area (TPSA) is 59.7 Å². The van der Waals surface area contributed by atoms with E-state index in [-0.39, 0.29) is 5.76 Å². The first-order valence-corrected chi connectivity index (χ1v) is 4.61. The summed E-state index contributed by atoms with van der Waals surface area (Å²) >= 11 is 0. The molecule has 0 radical (unpaired) electrons. The van der Waals surface area contributed by atoms with Crippen molar-refractivity contribution in [2.45, 2.75) is 6.92 Å². The number of ether oxygens (including phenoxy) is 1. The van der Waals surface area contributed by atoms with Crippen molar-refractivity contribution in [2.75, 3.05) is 6.61 Å². The van der Waals surface area contributed by atoms with Crippen molar-refractivity contribution >= 4 is 16.9 Å². The summed E-state index contributed by atoms with van der Waals surface area (Å²) in [6.07, 6.45) is 0. The zero-order chi connectivity index (χ0) is 10.8. The first kappa shape index (κ1) is 9.58. The van der Waals surface area contributed by atoms with Gasteiger partial charge in [-0.2, -0.15) is 0 Å². The molecule has 0 spiro atoms. The van der Waals surface area contributed by atoms with Gasteiger partial charge in [-0.1, -0.05) is 6.07 Å². The average molecular weight is 206 g/mol. The molecule has 78 valence electrons. The highest BCUT2D eigenvalue weighted by atomic mass is 16.5. The first-order valence-electron chi connectivity index (χ1n) is 4.61. The maximum absolute atomic E-state index is 10.7. The first-order chi connectivity index (χ1) is 7.22. The van der Waals surface area contributed by atoms with Gasteiger partial charge in [0.1, 0.15) is 11.3 Å². The van der Waals surface area contributed by atoms with Gasteiger partial charge in [-0.05, 0) is 19.1 Å². The van der Waals surface area contributed by atoms with Gasteiger partial charge in [-0.3, -0.25) is 0 Å². The minimum Gasteiger partial charge on any atom is -0.493 e. The molecular formula is C11H10O4. The summed E-state index contributed by atoms with van der Waals surface area (Å²) in [4.78, 5) is 10.7. The standard InChI is InChI=1S/C11H10O4/c1-2-14-8-4-3-5-9-7(8)6-10(15-9)11(12)13/h3-6H,2H2,1H3,(H,12,13). The maximum Gasteiger partial charge on any atom is 0.371 e. The van der Waals surface area contributed by atoms with Gasteiger partial charge in [0.25, 0.3) is 0 Å². The fraction of sp³-hybridized carbons (Fsp3) is 0.182. The minimum absolute atomic E-state index is 0.0721. The number of hydrogen-bond acceptors (Lipinski definition) is 3. The molecule has 4 nitrogen and oxygen atoms in total. The van der Waals surface area contributed by atoms with Crippen molar-refractivity contribution in [1.82, 2.24) is 0 Å². The number of rotatable bonds is 3. The van der Waals surface area contributed by atoms with E-state index < -0.39 is 5.97 Å². The molecule has 0 atom stereocenters. The van der Waals surface area contributed by atoms with E-state index in [0.29, 0.717) is 23.3 Å². The van der Waals surface area contributed by atoms with Crippen LogP contribution in [0.1, 0.15) is 17.5 Å². The van der Waals surface area contributed by atoms with Gasteiger partial charge in [0.05, 0.1) is 12.0 Å². The Balaban J connectivity index is 2.59. The molecule has 0 saturated heterocycles. The molecule has 2 aromatic rings. The number of carbonyl (C=O) groups is 1. The molecule has 1 aromatic heterocycles. The van der Waals surface area contributed by atoms with Crippen LogP contribution in [-0.4, -0.2) is 17.7 Å². The van der Waals surface area contributed by atoms with Crippen LogP contribution in [0.25, 0.3) is 11.0 Å². The third-order valence-electron chi connectivity index (χ3n) is 2.03. The van der Waals surface area contributed by atoms with E-state index >= 15 is 0 Å². The number of aromatic carboxylic acids is 1. The van der Waals surface area contributed by atoms with E-state index in [1.165, 1.54) is 6.07 Å². The van der Waals surface area contributed by atoms with Crippen LogP contribution in [0.2, 0.25) is 0 Å². The van der Waals surface area contributed by atoms with Crippen LogP contribution in [0.15, 0.2) is 28.7 Å². The fourth-order valence-electron chi connectivity index (χ4n) is 1.42. The Bertz CT molecular complexity index is 498. The zero-order valence-electron chi connectivity index (χ0n) is 8.19. The Kier molecular flexibility index (Phi) is 2.33. The van der Waals surface area contributed by atoms with Gasteiger partial charge in [0.2, 0.25) is 5.76 Å². The van der Waals surface area contributed by atoms with Crippen LogP contribution in [0.4, 0.5) is 0 Å². The van der Waals surface area contributed by atoms with Gasteiger partial charge in [0.15, 0.2) is 0 Å². The van der Waals surface area contributed by atoms with Crippen LogP contribution >= 0.6 is 0 Å². The summed E-state index contributed by atoms with van der Waals surface area (Å²) in [6.45, 7) is 2.41. The van der Waals surface area contributed by atoms with Gasteiger partial charge in [-0.25, -0.2) is 4.79 Å². The highest BCUT2D eigenvalue weighted by molar-refractivity contribution is 5.93. The number of fused-ring (bicyclic) bond motifs is 1. The lowest BCUT2D eigenvalue weighted by Crippen LogP contribution is -1.92. The molecule has 15 heavy (non-hydrogen) atoms. The van der Waals surface area contributed by atoms with E-state index in [1.54, 1.807) is 18.2 Å². The summed E-state index contributed by atoms with van der Waals surface area (Å²) in [5.41, 5.74) is 0.526. The number of benzene rings is 1. The maximum atomic E-state index is 10.7. The lowest BCUT2D eigenvalue weighted by Gasteiger charge is -2.02. The molecule has 0 unspecified atom stereocenters. The monoisotopic (exact) mass is 206 g/mol. The average Bonchev–Trinajstić information content (AvgIpc) is 2.63.